The first-order chi connectivity index (χ1) is 17.2. The molecule has 1 unspecified atom stereocenters. The highest BCUT2D eigenvalue weighted by atomic mass is 16.5. The lowest BCUT2D eigenvalue weighted by molar-refractivity contribution is -0.162. The quantitative estimate of drug-likeness (QED) is 0.650. The van der Waals surface area contributed by atoms with Crippen LogP contribution in [0.25, 0.3) is 16.3 Å². The van der Waals surface area contributed by atoms with Crippen LogP contribution in [0.5, 0.6) is 0 Å². The van der Waals surface area contributed by atoms with Gasteiger partial charge in [-0.1, -0.05) is 36.8 Å². The minimum absolute atomic E-state index is 0.0198. The van der Waals surface area contributed by atoms with Crippen LogP contribution in [0.3, 0.4) is 0 Å². The van der Waals surface area contributed by atoms with Crippen molar-refractivity contribution in [3.05, 3.63) is 71.1 Å². The maximum atomic E-state index is 11.2. The van der Waals surface area contributed by atoms with E-state index in [0.717, 1.165) is 37.7 Å². The van der Waals surface area contributed by atoms with Gasteiger partial charge in [-0.25, -0.2) is 0 Å². The van der Waals surface area contributed by atoms with Crippen molar-refractivity contribution in [3.8, 4) is 0 Å². The molecule has 7 rings (SSSR count). The van der Waals surface area contributed by atoms with Gasteiger partial charge in [0, 0.05) is 35.2 Å². The van der Waals surface area contributed by atoms with Gasteiger partial charge in [-0.3, -0.25) is 4.98 Å². The van der Waals surface area contributed by atoms with Crippen molar-refractivity contribution in [3.63, 3.8) is 0 Å². The van der Waals surface area contributed by atoms with Crippen molar-refractivity contribution in [1.29, 1.82) is 0 Å². The summed E-state index contributed by atoms with van der Waals surface area (Å²) in [5.41, 5.74) is 5.38. The Morgan fingerprint density at radius 1 is 1.11 bits per heavy atom. The van der Waals surface area contributed by atoms with Crippen LogP contribution in [0.4, 0.5) is 0 Å². The van der Waals surface area contributed by atoms with Gasteiger partial charge < -0.3 is 19.8 Å². The Labute approximate surface area is 213 Å². The summed E-state index contributed by atoms with van der Waals surface area (Å²) in [4.78, 5) is 6.39. The molecular weight excluding hydrogens is 448 g/mol. The van der Waals surface area contributed by atoms with E-state index in [1.165, 1.54) is 33.1 Å². The maximum absolute atomic E-state index is 11.2. The Kier molecular flexibility index (Phi) is 4.69. The second kappa shape index (κ2) is 7.38. The van der Waals surface area contributed by atoms with E-state index in [2.05, 4.69) is 55.2 Å². The van der Waals surface area contributed by atoms with Crippen molar-refractivity contribution in [2.45, 2.75) is 75.4 Å². The predicted molar refractivity (Wildman–Crippen MR) is 141 cm³/mol. The minimum Gasteiger partial charge on any atom is -0.388 e. The summed E-state index contributed by atoms with van der Waals surface area (Å²) < 4.78 is 7.32. The molecule has 1 saturated heterocycles. The number of hydrogen-bond acceptors (Lipinski definition) is 5. The summed E-state index contributed by atoms with van der Waals surface area (Å²) in [7, 11) is 3.97. The Morgan fingerprint density at radius 2 is 1.94 bits per heavy atom. The minimum atomic E-state index is -0.890. The zero-order chi connectivity index (χ0) is 25.0. The van der Waals surface area contributed by atoms with Crippen LogP contribution in [0.15, 0.2) is 65.5 Å². The lowest BCUT2D eigenvalue weighted by atomic mass is 9.56. The third kappa shape index (κ3) is 2.78. The summed E-state index contributed by atoms with van der Waals surface area (Å²) in [5, 5.41) is 24.6. The second-order valence-corrected chi connectivity index (χ2v) is 12.4. The number of aliphatic hydroxyl groups excluding tert-OH is 2. The molecule has 2 bridgehead atoms. The summed E-state index contributed by atoms with van der Waals surface area (Å²) in [6.45, 7) is 4.69. The molecule has 2 aliphatic heterocycles. The van der Waals surface area contributed by atoms with Gasteiger partial charge >= 0.3 is 0 Å². The maximum Gasteiger partial charge on any atom is 0.105 e. The molecule has 2 aromatic rings. The van der Waals surface area contributed by atoms with Gasteiger partial charge in [0.15, 0.2) is 0 Å². The van der Waals surface area contributed by atoms with E-state index in [9.17, 15) is 10.2 Å². The SMILES string of the molecule is CC1=C2C=C3[C@@H](O)[C@H](O)[C@@H](N(C)C)C[C@]34CC[C@]2(O4)C2CC=C(c3ccc4ccncc4c3)[C@@]2(C)C1. The fourth-order valence-corrected chi connectivity index (χ4v) is 8.70. The number of allylic oxidation sites excluding steroid dienone is 3. The molecule has 5 heteroatoms. The number of rotatable bonds is 2. The van der Waals surface area contributed by atoms with Gasteiger partial charge in [-0.2, -0.15) is 0 Å². The monoisotopic (exact) mass is 484 g/mol. The molecule has 188 valence electrons. The van der Waals surface area contributed by atoms with Gasteiger partial charge in [0.1, 0.15) is 6.10 Å². The van der Waals surface area contributed by atoms with Gasteiger partial charge in [0.05, 0.1) is 17.3 Å². The molecule has 1 saturated carbocycles. The van der Waals surface area contributed by atoms with Crippen LogP contribution < -0.4 is 0 Å². The van der Waals surface area contributed by atoms with Gasteiger partial charge in [0.2, 0.25) is 0 Å². The van der Waals surface area contributed by atoms with Gasteiger partial charge in [-0.05, 0) is 92.9 Å². The molecule has 2 N–H and O–H groups in total. The molecule has 5 nitrogen and oxygen atoms in total. The number of aromatic nitrogens is 1. The number of benzene rings is 1. The first kappa shape index (κ1) is 22.9. The summed E-state index contributed by atoms with van der Waals surface area (Å²) in [6, 6.07) is 8.72. The van der Waals surface area contributed by atoms with Crippen molar-refractivity contribution in [1.82, 2.24) is 9.88 Å². The van der Waals surface area contributed by atoms with Crippen LogP contribution >= 0.6 is 0 Å². The van der Waals surface area contributed by atoms with Crippen LogP contribution in [-0.2, 0) is 4.74 Å². The average molecular weight is 485 g/mol. The zero-order valence-corrected chi connectivity index (χ0v) is 21.7. The highest BCUT2D eigenvalue weighted by Gasteiger charge is 2.68. The highest BCUT2D eigenvalue weighted by molar-refractivity contribution is 5.87. The Morgan fingerprint density at radius 3 is 2.75 bits per heavy atom. The van der Waals surface area contributed by atoms with E-state index in [4.69, 9.17) is 4.74 Å². The average Bonchev–Trinajstić information content (AvgIpc) is 3.36. The molecule has 3 heterocycles. The fraction of sp³-hybridized carbons (Fsp3) is 0.516. The van der Waals surface area contributed by atoms with E-state index in [1.807, 2.05) is 31.4 Å². The van der Waals surface area contributed by atoms with E-state index < -0.39 is 17.8 Å². The van der Waals surface area contributed by atoms with Crippen LogP contribution in [-0.4, -0.2) is 63.6 Å². The molecule has 2 spiro atoms. The van der Waals surface area contributed by atoms with Crippen molar-refractivity contribution in [2.24, 2.45) is 11.3 Å². The first-order valence-corrected chi connectivity index (χ1v) is 13.4. The number of aliphatic hydroxyl groups is 2. The third-order valence-corrected chi connectivity index (χ3v) is 10.3. The first-order valence-electron chi connectivity index (χ1n) is 13.4. The van der Waals surface area contributed by atoms with E-state index in [0.29, 0.717) is 5.92 Å². The Balaban J connectivity index is 1.33. The fourth-order valence-electron chi connectivity index (χ4n) is 8.70. The van der Waals surface area contributed by atoms with E-state index in [-0.39, 0.29) is 17.1 Å². The second-order valence-electron chi connectivity index (χ2n) is 12.4. The number of ether oxygens (including phenoxy) is 1. The number of hydrogen-bond donors (Lipinski definition) is 2. The molecule has 1 aromatic heterocycles. The van der Waals surface area contributed by atoms with E-state index >= 15 is 0 Å². The molecule has 0 radical (unpaired) electrons. The molecule has 1 aromatic carbocycles. The van der Waals surface area contributed by atoms with E-state index in [1.54, 1.807) is 0 Å². The Bertz CT molecular complexity index is 1370. The van der Waals surface area contributed by atoms with Crippen LogP contribution in [0, 0.1) is 11.3 Å². The number of pyridine rings is 1. The Hall–Kier alpha value is -2.31. The van der Waals surface area contributed by atoms with Crippen LogP contribution in [0.2, 0.25) is 0 Å². The molecule has 36 heavy (non-hydrogen) atoms. The lowest BCUT2D eigenvalue weighted by Crippen LogP contribution is -2.62. The number of likely N-dealkylation sites (N-methyl/N-ethyl adjacent to an activating group) is 1. The largest absolute Gasteiger partial charge is 0.388 e. The third-order valence-electron chi connectivity index (χ3n) is 10.3. The van der Waals surface area contributed by atoms with Crippen molar-refractivity contribution in [2.75, 3.05) is 14.1 Å². The van der Waals surface area contributed by atoms with Crippen LogP contribution in [0.1, 0.15) is 51.5 Å². The summed E-state index contributed by atoms with van der Waals surface area (Å²) in [5.74, 6) is 0.349. The lowest BCUT2D eigenvalue weighted by Gasteiger charge is -2.56. The highest BCUT2D eigenvalue weighted by Crippen LogP contribution is 2.69. The van der Waals surface area contributed by atoms with Crippen molar-refractivity contribution >= 4 is 16.3 Å². The number of fused-ring (bicyclic) bond motifs is 2. The summed E-state index contributed by atoms with van der Waals surface area (Å²) in [6.07, 6.45) is 11.4. The van der Waals surface area contributed by atoms with Gasteiger partial charge in [-0.15, -0.1) is 0 Å². The molecule has 0 amide bonds. The molecule has 7 atom stereocenters. The number of nitrogens with zero attached hydrogens (tertiary/aromatic N) is 2. The molecule has 5 aliphatic rings. The zero-order valence-electron chi connectivity index (χ0n) is 21.7. The standard InChI is InChI=1S/C31H36N2O3/c1-18-15-29(2)22(20-6-5-19-9-12-32-17-21(19)13-20)7-8-26(29)31-11-10-30(36-31)16-25(33(3)4)28(35)27(34)24(30)14-23(18)31/h5-7,9,12-14,17,25-28,34-35H,8,10-11,15-16H2,1-4H3/t25-,26?,27+,28+,29+,30+,31+/m0/s1. The molecule has 2 fully saturated rings. The topological polar surface area (TPSA) is 65.8 Å². The van der Waals surface area contributed by atoms with Crippen molar-refractivity contribution < 1.29 is 14.9 Å². The molecular formula is C31H36N2O3. The smallest absolute Gasteiger partial charge is 0.105 e. The normalized spacial score (nSPS) is 41.2. The predicted octanol–water partition coefficient (Wildman–Crippen LogP) is 4.65. The molecule has 3 aliphatic carbocycles. The summed E-state index contributed by atoms with van der Waals surface area (Å²) >= 11 is 0. The van der Waals surface area contributed by atoms with Gasteiger partial charge in [0.25, 0.3) is 0 Å².